The van der Waals surface area contributed by atoms with Crippen LogP contribution in [0, 0.1) is 0 Å². The van der Waals surface area contributed by atoms with Crippen LogP contribution in [0.3, 0.4) is 0 Å². The highest BCUT2D eigenvalue weighted by atomic mass is 16.5. The summed E-state index contributed by atoms with van der Waals surface area (Å²) in [7, 11) is 0. The van der Waals surface area contributed by atoms with Crippen molar-refractivity contribution in [2.24, 2.45) is 0 Å². The fraction of sp³-hybridized carbons (Fsp3) is 0.625. The molecule has 1 atom stereocenters. The molecule has 1 heterocycles. The number of anilines is 2. The van der Waals surface area contributed by atoms with Crippen LogP contribution in [-0.4, -0.2) is 30.9 Å². The van der Waals surface area contributed by atoms with Gasteiger partial charge in [0, 0.05) is 36.6 Å². The molecule has 1 unspecified atom stereocenters. The molecule has 4 heteroatoms. The molecule has 112 valence electrons. The number of ether oxygens (including phenoxy) is 2. The lowest BCUT2D eigenvalue weighted by molar-refractivity contribution is -0.0749. The Morgan fingerprint density at radius 3 is 2.65 bits per heavy atom. The molecule has 1 aromatic carbocycles. The van der Waals surface area contributed by atoms with Crippen molar-refractivity contribution in [2.45, 2.75) is 52.4 Å². The van der Waals surface area contributed by atoms with Gasteiger partial charge in [0.1, 0.15) is 5.75 Å². The van der Waals surface area contributed by atoms with Gasteiger partial charge in [0.25, 0.3) is 0 Å². The molecule has 0 amide bonds. The summed E-state index contributed by atoms with van der Waals surface area (Å²) in [5.74, 6) is 0.826. The Morgan fingerprint density at radius 2 is 2.05 bits per heavy atom. The lowest BCUT2D eigenvalue weighted by Crippen LogP contribution is -2.52. The van der Waals surface area contributed by atoms with E-state index in [2.05, 4.69) is 31.7 Å². The number of morpholine rings is 1. The molecular formula is C16H26N2O2. The van der Waals surface area contributed by atoms with E-state index < -0.39 is 0 Å². The molecule has 0 bridgehead atoms. The molecule has 0 radical (unpaired) electrons. The first-order valence-corrected chi connectivity index (χ1v) is 7.25. The maximum Gasteiger partial charge on any atom is 0.123 e. The number of nitrogens with two attached hydrogens (primary N) is 1. The van der Waals surface area contributed by atoms with Gasteiger partial charge in [-0.1, -0.05) is 0 Å². The minimum absolute atomic E-state index is 0.143. The zero-order valence-corrected chi connectivity index (χ0v) is 13.1. The Hall–Kier alpha value is -1.42. The first-order chi connectivity index (χ1) is 9.25. The highest BCUT2D eigenvalue weighted by molar-refractivity contribution is 5.61. The fourth-order valence-electron chi connectivity index (χ4n) is 2.78. The molecular weight excluding hydrogens is 252 g/mol. The summed E-state index contributed by atoms with van der Waals surface area (Å²) in [6.07, 6.45) is 0.347. The highest BCUT2D eigenvalue weighted by Gasteiger charge is 2.31. The summed E-state index contributed by atoms with van der Waals surface area (Å²) < 4.78 is 11.7. The second-order valence-corrected chi connectivity index (χ2v) is 6.50. The quantitative estimate of drug-likeness (QED) is 0.863. The van der Waals surface area contributed by atoms with Crippen molar-refractivity contribution >= 4 is 11.4 Å². The lowest BCUT2D eigenvalue weighted by Gasteiger charge is -2.43. The van der Waals surface area contributed by atoms with Crippen molar-refractivity contribution in [3.63, 3.8) is 0 Å². The molecule has 4 nitrogen and oxygen atoms in total. The van der Waals surface area contributed by atoms with E-state index in [0.29, 0.717) is 0 Å². The molecule has 0 spiro atoms. The first-order valence-electron chi connectivity index (χ1n) is 7.25. The van der Waals surface area contributed by atoms with Gasteiger partial charge in [0.2, 0.25) is 0 Å². The van der Waals surface area contributed by atoms with E-state index in [9.17, 15) is 0 Å². The van der Waals surface area contributed by atoms with Gasteiger partial charge in [-0.05, 0) is 40.7 Å². The smallest absolute Gasteiger partial charge is 0.123 e. The van der Waals surface area contributed by atoms with Crippen molar-refractivity contribution in [2.75, 3.05) is 23.7 Å². The molecule has 2 rings (SSSR count). The van der Waals surface area contributed by atoms with Gasteiger partial charge in [-0.15, -0.1) is 0 Å². The van der Waals surface area contributed by atoms with Gasteiger partial charge >= 0.3 is 0 Å². The van der Waals surface area contributed by atoms with Gasteiger partial charge in [0.05, 0.1) is 17.8 Å². The second-order valence-electron chi connectivity index (χ2n) is 6.50. The minimum atomic E-state index is -0.151. The van der Waals surface area contributed by atoms with E-state index in [1.807, 2.05) is 26.0 Å². The summed E-state index contributed by atoms with van der Waals surface area (Å²) >= 11 is 0. The second kappa shape index (κ2) is 5.52. The molecule has 2 N–H and O–H groups in total. The van der Waals surface area contributed by atoms with Gasteiger partial charge in [-0.3, -0.25) is 0 Å². The average Bonchev–Trinajstić information content (AvgIpc) is 2.24. The molecule has 1 aliphatic heterocycles. The average molecular weight is 278 g/mol. The van der Waals surface area contributed by atoms with Crippen LogP contribution in [0.2, 0.25) is 0 Å². The Balaban J connectivity index is 2.25. The summed E-state index contributed by atoms with van der Waals surface area (Å²) in [5, 5.41) is 0. The molecule has 1 saturated heterocycles. The van der Waals surface area contributed by atoms with Crippen LogP contribution >= 0.6 is 0 Å². The van der Waals surface area contributed by atoms with E-state index in [1.165, 1.54) is 0 Å². The van der Waals surface area contributed by atoms with Gasteiger partial charge in [0.15, 0.2) is 0 Å². The summed E-state index contributed by atoms with van der Waals surface area (Å²) in [5.41, 5.74) is 7.69. The van der Waals surface area contributed by atoms with Crippen LogP contribution in [0.15, 0.2) is 18.2 Å². The number of nitrogens with zero attached hydrogens (tertiary/aromatic N) is 1. The minimum Gasteiger partial charge on any atom is -0.491 e. The van der Waals surface area contributed by atoms with Gasteiger partial charge in [-0.2, -0.15) is 0 Å². The fourth-order valence-corrected chi connectivity index (χ4v) is 2.78. The van der Waals surface area contributed by atoms with Crippen molar-refractivity contribution in [3.8, 4) is 5.75 Å². The maximum absolute atomic E-state index is 6.01. The zero-order chi connectivity index (χ0) is 14.9. The monoisotopic (exact) mass is 278 g/mol. The Bertz CT molecular complexity index is 472. The lowest BCUT2D eigenvalue weighted by atomic mass is 10.0. The van der Waals surface area contributed by atoms with Gasteiger partial charge in [-0.25, -0.2) is 0 Å². The standard InChI is InChI=1S/C16H26N2O2/c1-11(2)19-15-7-13(17)6-14(8-15)18-9-12(3)20-16(4,5)10-18/h6-8,11-12H,9-10,17H2,1-5H3. The maximum atomic E-state index is 6.01. The molecule has 1 fully saturated rings. The summed E-state index contributed by atoms with van der Waals surface area (Å²) in [6, 6.07) is 5.93. The molecule has 0 aromatic heterocycles. The number of hydrogen-bond acceptors (Lipinski definition) is 4. The predicted octanol–water partition coefficient (Wildman–Crippen LogP) is 3.06. The largest absolute Gasteiger partial charge is 0.491 e. The van der Waals surface area contributed by atoms with E-state index in [1.54, 1.807) is 0 Å². The Labute approximate surface area is 121 Å². The van der Waals surface area contributed by atoms with Crippen LogP contribution in [0.5, 0.6) is 5.75 Å². The SMILES string of the molecule is CC(C)Oc1cc(N)cc(N2CC(C)OC(C)(C)C2)c1. The van der Waals surface area contributed by atoms with Crippen molar-refractivity contribution < 1.29 is 9.47 Å². The highest BCUT2D eigenvalue weighted by Crippen LogP contribution is 2.30. The number of rotatable bonds is 3. The van der Waals surface area contributed by atoms with Crippen molar-refractivity contribution in [1.82, 2.24) is 0 Å². The third-order valence-corrected chi connectivity index (χ3v) is 3.22. The zero-order valence-electron chi connectivity index (χ0n) is 13.1. The summed E-state index contributed by atoms with van der Waals surface area (Å²) in [4.78, 5) is 2.32. The Morgan fingerprint density at radius 1 is 1.35 bits per heavy atom. The molecule has 1 aliphatic rings. The van der Waals surface area contributed by atoms with Crippen LogP contribution in [0.1, 0.15) is 34.6 Å². The van der Waals surface area contributed by atoms with E-state index >= 15 is 0 Å². The topological polar surface area (TPSA) is 47.7 Å². The third kappa shape index (κ3) is 3.79. The van der Waals surface area contributed by atoms with Crippen LogP contribution in [0.25, 0.3) is 0 Å². The molecule has 20 heavy (non-hydrogen) atoms. The van der Waals surface area contributed by atoms with E-state index in [0.717, 1.165) is 30.2 Å². The molecule has 1 aromatic rings. The number of hydrogen-bond donors (Lipinski definition) is 1. The van der Waals surface area contributed by atoms with Crippen LogP contribution < -0.4 is 15.4 Å². The van der Waals surface area contributed by atoms with Gasteiger partial charge < -0.3 is 20.1 Å². The van der Waals surface area contributed by atoms with E-state index in [-0.39, 0.29) is 17.8 Å². The van der Waals surface area contributed by atoms with Crippen molar-refractivity contribution in [3.05, 3.63) is 18.2 Å². The molecule has 0 saturated carbocycles. The normalized spacial score (nSPS) is 22.1. The summed E-state index contributed by atoms with van der Waals surface area (Å²) in [6.45, 7) is 12.1. The Kier molecular flexibility index (Phi) is 4.14. The third-order valence-electron chi connectivity index (χ3n) is 3.22. The predicted molar refractivity (Wildman–Crippen MR) is 83.5 cm³/mol. The van der Waals surface area contributed by atoms with Crippen LogP contribution in [0.4, 0.5) is 11.4 Å². The van der Waals surface area contributed by atoms with E-state index in [4.69, 9.17) is 15.2 Å². The number of nitrogen functional groups attached to an aromatic ring is 1. The molecule has 0 aliphatic carbocycles. The number of benzene rings is 1. The van der Waals surface area contributed by atoms with Crippen LogP contribution in [-0.2, 0) is 4.74 Å². The first kappa shape index (κ1) is 15.0. The van der Waals surface area contributed by atoms with Crippen molar-refractivity contribution in [1.29, 1.82) is 0 Å².